The van der Waals surface area contributed by atoms with Crippen LogP contribution in [0.1, 0.15) is 32.4 Å². The van der Waals surface area contributed by atoms with Gasteiger partial charge in [0.2, 0.25) is 0 Å². The largest absolute Gasteiger partial charge is 0.444 e. The molecule has 1 amide bonds. The Kier molecular flexibility index (Phi) is 3.19. The summed E-state index contributed by atoms with van der Waals surface area (Å²) in [5.41, 5.74) is 1.57. The van der Waals surface area contributed by atoms with Crippen molar-refractivity contribution in [3.63, 3.8) is 0 Å². The van der Waals surface area contributed by atoms with E-state index >= 15 is 0 Å². The molecular weight excluding hydrogens is 270 g/mol. The monoisotopic (exact) mass is 289 g/mol. The van der Waals surface area contributed by atoms with Gasteiger partial charge in [-0.15, -0.1) is 0 Å². The average Bonchev–Trinajstić information content (AvgIpc) is 2.92. The molecule has 0 aromatic carbocycles. The van der Waals surface area contributed by atoms with Crippen molar-refractivity contribution in [2.75, 3.05) is 13.1 Å². The fourth-order valence-electron chi connectivity index (χ4n) is 2.34. The van der Waals surface area contributed by atoms with E-state index in [2.05, 4.69) is 15.2 Å². The van der Waals surface area contributed by atoms with Gasteiger partial charge < -0.3 is 9.64 Å². The molecule has 1 aliphatic rings. The third-order valence-electron chi connectivity index (χ3n) is 3.38. The number of hydrogen-bond acceptors (Lipinski definition) is 4. The van der Waals surface area contributed by atoms with Crippen LogP contribution in [0.3, 0.4) is 0 Å². The molecule has 3 rings (SSSR count). The Morgan fingerprint density at radius 1 is 1.38 bits per heavy atom. The molecule has 0 unspecified atom stereocenters. The highest BCUT2D eigenvalue weighted by atomic mass is 16.6. The van der Waals surface area contributed by atoms with Gasteiger partial charge in [-0.05, 0) is 20.8 Å². The van der Waals surface area contributed by atoms with Gasteiger partial charge in [0, 0.05) is 37.1 Å². The molecule has 21 heavy (non-hydrogen) atoms. The fraction of sp³-hybridized carbons (Fsp3) is 0.500. The first-order valence-electron chi connectivity index (χ1n) is 6.93. The topological polar surface area (TPSA) is 76.0 Å². The summed E-state index contributed by atoms with van der Waals surface area (Å²) in [6.45, 7) is 6.92. The van der Waals surface area contributed by atoms with E-state index in [0.717, 1.165) is 11.4 Å². The lowest BCUT2D eigenvalue weighted by Crippen LogP contribution is -2.50. The third-order valence-corrected chi connectivity index (χ3v) is 3.38. The SMILES string of the molecule is CC(C)(C)OC(=O)N1CC(c2cncn2-c2cn[nH]c2)C1. The molecule has 112 valence electrons. The van der Waals surface area contributed by atoms with Crippen LogP contribution in [0, 0.1) is 0 Å². The highest BCUT2D eigenvalue weighted by Crippen LogP contribution is 2.29. The van der Waals surface area contributed by atoms with Crippen molar-refractivity contribution >= 4 is 6.09 Å². The van der Waals surface area contributed by atoms with Crippen molar-refractivity contribution in [3.05, 3.63) is 30.6 Å². The summed E-state index contributed by atoms with van der Waals surface area (Å²) in [5.74, 6) is 0.273. The van der Waals surface area contributed by atoms with Crippen LogP contribution in [-0.2, 0) is 4.74 Å². The maximum absolute atomic E-state index is 11.9. The zero-order valence-electron chi connectivity index (χ0n) is 12.4. The fourth-order valence-corrected chi connectivity index (χ4v) is 2.34. The van der Waals surface area contributed by atoms with Gasteiger partial charge in [-0.3, -0.25) is 9.67 Å². The van der Waals surface area contributed by atoms with Gasteiger partial charge in [0.05, 0.1) is 18.2 Å². The number of nitrogens with one attached hydrogen (secondary N) is 1. The molecule has 1 saturated heterocycles. The standard InChI is InChI=1S/C14H19N5O2/c1-14(2,3)21-13(20)18-7-10(8-18)12-6-15-9-19(12)11-4-16-17-5-11/h4-6,9-10H,7-8H2,1-3H3,(H,16,17). The Morgan fingerprint density at radius 3 is 2.76 bits per heavy atom. The van der Waals surface area contributed by atoms with Crippen LogP contribution in [0.15, 0.2) is 24.9 Å². The van der Waals surface area contributed by atoms with E-state index in [-0.39, 0.29) is 12.0 Å². The first kappa shape index (κ1) is 13.7. The van der Waals surface area contributed by atoms with Crippen molar-refractivity contribution in [3.8, 4) is 5.69 Å². The van der Waals surface area contributed by atoms with Crippen LogP contribution >= 0.6 is 0 Å². The molecule has 2 aromatic rings. The lowest BCUT2D eigenvalue weighted by molar-refractivity contribution is 0.00775. The summed E-state index contributed by atoms with van der Waals surface area (Å²) in [4.78, 5) is 17.8. The van der Waals surface area contributed by atoms with Gasteiger partial charge in [-0.1, -0.05) is 0 Å². The number of rotatable bonds is 2. The molecule has 2 aromatic heterocycles. The van der Waals surface area contributed by atoms with Gasteiger partial charge in [0.25, 0.3) is 0 Å². The van der Waals surface area contributed by atoms with Crippen molar-refractivity contribution in [2.45, 2.75) is 32.3 Å². The normalized spacial score (nSPS) is 15.9. The number of nitrogens with zero attached hydrogens (tertiary/aromatic N) is 4. The Bertz CT molecular complexity index is 620. The minimum Gasteiger partial charge on any atom is -0.444 e. The van der Waals surface area contributed by atoms with E-state index in [0.29, 0.717) is 13.1 Å². The Morgan fingerprint density at radius 2 is 2.14 bits per heavy atom. The van der Waals surface area contributed by atoms with Crippen molar-refractivity contribution < 1.29 is 9.53 Å². The lowest BCUT2D eigenvalue weighted by atomic mass is 9.97. The maximum Gasteiger partial charge on any atom is 0.410 e. The number of amides is 1. The molecule has 3 heterocycles. The van der Waals surface area contributed by atoms with Crippen LogP contribution in [0.2, 0.25) is 0 Å². The zero-order valence-corrected chi connectivity index (χ0v) is 12.4. The van der Waals surface area contributed by atoms with Crippen molar-refractivity contribution in [1.29, 1.82) is 0 Å². The number of carbonyl (C=O) groups is 1. The van der Waals surface area contributed by atoms with Crippen LogP contribution in [0.5, 0.6) is 0 Å². The van der Waals surface area contributed by atoms with Crippen LogP contribution < -0.4 is 0 Å². The summed E-state index contributed by atoms with van der Waals surface area (Å²) in [6, 6.07) is 0. The van der Waals surface area contributed by atoms with E-state index in [1.54, 1.807) is 17.4 Å². The average molecular weight is 289 g/mol. The second kappa shape index (κ2) is 4.91. The number of carbonyl (C=O) groups excluding carboxylic acids is 1. The summed E-state index contributed by atoms with van der Waals surface area (Å²) >= 11 is 0. The van der Waals surface area contributed by atoms with E-state index in [9.17, 15) is 4.79 Å². The molecule has 0 bridgehead atoms. The summed E-state index contributed by atoms with van der Waals surface area (Å²) in [6.07, 6.45) is 6.90. The first-order valence-corrected chi connectivity index (χ1v) is 6.93. The molecule has 7 nitrogen and oxygen atoms in total. The lowest BCUT2D eigenvalue weighted by Gasteiger charge is -2.39. The highest BCUT2D eigenvalue weighted by molar-refractivity contribution is 5.69. The molecule has 1 fully saturated rings. The first-order chi connectivity index (χ1) is 9.94. The van der Waals surface area contributed by atoms with Gasteiger partial charge >= 0.3 is 6.09 Å². The zero-order chi connectivity index (χ0) is 15.0. The number of likely N-dealkylation sites (tertiary alicyclic amines) is 1. The number of aromatic nitrogens is 4. The van der Waals surface area contributed by atoms with Crippen LogP contribution in [0.25, 0.3) is 5.69 Å². The molecule has 0 atom stereocenters. The molecule has 0 aliphatic carbocycles. The minimum absolute atomic E-state index is 0.256. The van der Waals surface area contributed by atoms with Gasteiger partial charge in [-0.2, -0.15) is 5.10 Å². The van der Waals surface area contributed by atoms with Crippen LogP contribution in [0.4, 0.5) is 4.79 Å². The van der Waals surface area contributed by atoms with Gasteiger partial charge in [0.15, 0.2) is 0 Å². The quantitative estimate of drug-likeness (QED) is 0.916. The van der Waals surface area contributed by atoms with E-state index in [4.69, 9.17) is 4.74 Å². The predicted octanol–water partition coefficient (Wildman–Crippen LogP) is 1.93. The van der Waals surface area contributed by atoms with E-state index in [1.165, 1.54) is 0 Å². The van der Waals surface area contributed by atoms with Crippen LogP contribution in [-0.4, -0.2) is 49.4 Å². The molecule has 0 radical (unpaired) electrons. The molecule has 0 saturated carbocycles. The highest BCUT2D eigenvalue weighted by Gasteiger charge is 2.36. The van der Waals surface area contributed by atoms with Crippen molar-refractivity contribution in [1.82, 2.24) is 24.6 Å². The van der Waals surface area contributed by atoms with Crippen molar-refractivity contribution in [2.24, 2.45) is 0 Å². The third kappa shape index (κ3) is 2.76. The number of ether oxygens (including phenoxy) is 1. The smallest absolute Gasteiger partial charge is 0.410 e. The predicted molar refractivity (Wildman–Crippen MR) is 76.3 cm³/mol. The van der Waals surface area contributed by atoms with E-state index < -0.39 is 5.60 Å². The second-order valence-corrected chi connectivity index (χ2v) is 6.23. The number of hydrogen-bond donors (Lipinski definition) is 1. The Balaban J connectivity index is 1.65. The maximum atomic E-state index is 11.9. The molecule has 0 spiro atoms. The summed E-state index contributed by atoms with van der Waals surface area (Å²) in [7, 11) is 0. The van der Waals surface area contributed by atoms with E-state index in [1.807, 2.05) is 37.7 Å². The molecule has 7 heteroatoms. The number of aromatic amines is 1. The molecule has 1 N–H and O–H groups in total. The number of imidazole rings is 1. The molecule has 1 aliphatic heterocycles. The molecular formula is C14H19N5O2. The number of H-pyrrole nitrogens is 1. The van der Waals surface area contributed by atoms with Gasteiger partial charge in [-0.25, -0.2) is 9.78 Å². The Labute approximate surface area is 122 Å². The van der Waals surface area contributed by atoms with Gasteiger partial charge in [0.1, 0.15) is 5.60 Å². The Hall–Kier alpha value is -2.31. The summed E-state index contributed by atoms with van der Waals surface area (Å²) in [5, 5.41) is 6.74. The summed E-state index contributed by atoms with van der Waals surface area (Å²) < 4.78 is 7.35. The minimum atomic E-state index is -0.458. The second-order valence-electron chi connectivity index (χ2n) is 6.23.